The first-order valence-corrected chi connectivity index (χ1v) is 5.31. The van der Waals surface area contributed by atoms with Gasteiger partial charge in [-0.2, -0.15) is 0 Å². The van der Waals surface area contributed by atoms with Crippen LogP contribution in [0.15, 0.2) is 24.3 Å². The standard InChI is InChI=1S/C10H12INO3/c1-14-9(13)7-3-5-8(6-4-7)10(11,12)15-2/h3-6H,12H2,1-2H3. The fraction of sp³-hybridized carbons (Fsp3) is 0.300. The van der Waals surface area contributed by atoms with Crippen LogP contribution >= 0.6 is 22.6 Å². The number of nitrogens with two attached hydrogens (primary N) is 1. The molecule has 0 amide bonds. The molecule has 1 atom stereocenters. The molecule has 1 aromatic carbocycles. The normalized spacial score (nSPS) is 14.4. The van der Waals surface area contributed by atoms with E-state index in [1.807, 2.05) is 22.6 Å². The molecule has 82 valence electrons. The van der Waals surface area contributed by atoms with Crippen molar-refractivity contribution < 1.29 is 14.3 Å². The molecule has 0 bridgehead atoms. The molecule has 0 radical (unpaired) electrons. The van der Waals surface area contributed by atoms with Gasteiger partial charge < -0.3 is 9.47 Å². The summed E-state index contributed by atoms with van der Waals surface area (Å²) in [7, 11) is 2.87. The van der Waals surface area contributed by atoms with Crippen LogP contribution in [0.3, 0.4) is 0 Å². The number of rotatable bonds is 3. The molecule has 1 unspecified atom stereocenters. The molecule has 0 fully saturated rings. The predicted molar refractivity (Wildman–Crippen MR) is 64.7 cm³/mol. The number of methoxy groups -OCH3 is 2. The summed E-state index contributed by atoms with van der Waals surface area (Å²) in [6, 6.07) is 6.78. The molecule has 0 saturated heterocycles. The summed E-state index contributed by atoms with van der Waals surface area (Å²) in [5.41, 5.74) is 7.12. The number of esters is 1. The summed E-state index contributed by atoms with van der Waals surface area (Å²) >= 11 is 1.98. The molecule has 2 N–H and O–H groups in total. The van der Waals surface area contributed by atoms with Gasteiger partial charge in [-0.05, 0) is 34.7 Å². The number of alkyl halides is 1. The van der Waals surface area contributed by atoms with Gasteiger partial charge in [0.1, 0.15) is 0 Å². The molecule has 0 aliphatic rings. The number of halogens is 1. The third-order valence-electron chi connectivity index (χ3n) is 2.00. The molecular weight excluding hydrogens is 309 g/mol. The van der Waals surface area contributed by atoms with Crippen LogP contribution < -0.4 is 5.73 Å². The Labute approximate surface area is 102 Å². The number of hydrogen-bond donors (Lipinski definition) is 1. The van der Waals surface area contributed by atoms with Gasteiger partial charge in [-0.3, -0.25) is 5.73 Å². The van der Waals surface area contributed by atoms with Gasteiger partial charge in [-0.15, -0.1) is 0 Å². The third kappa shape index (κ3) is 2.90. The van der Waals surface area contributed by atoms with Crippen molar-refractivity contribution in [2.45, 2.75) is 3.73 Å². The largest absolute Gasteiger partial charge is 0.465 e. The smallest absolute Gasteiger partial charge is 0.337 e. The number of ether oxygens (including phenoxy) is 2. The lowest BCUT2D eigenvalue weighted by Crippen LogP contribution is -2.31. The number of hydrogen-bond acceptors (Lipinski definition) is 4. The molecule has 0 aromatic heterocycles. The van der Waals surface area contributed by atoms with Crippen LogP contribution in [-0.2, 0) is 13.2 Å². The lowest BCUT2D eigenvalue weighted by molar-refractivity contribution is 0.0600. The van der Waals surface area contributed by atoms with E-state index in [0.29, 0.717) is 5.56 Å². The van der Waals surface area contributed by atoms with E-state index in [9.17, 15) is 4.79 Å². The van der Waals surface area contributed by atoms with Crippen molar-refractivity contribution in [3.05, 3.63) is 35.4 Å². The van der Waals surface area contributed by atoms with E-state index in [1.165, 1.54) is 14.2 Å². The van der Waals surface area contributed by atoms with E-state index in [-0.39, 0.29) is 5.97 Å². The summed E-state index contributed by atoms with van der Waals surface area (Å²) in [5, 5.41) is 0. The van der Waals surface area contributed by atoms with Gasteiger partial charge in [0.15, 0.2) is 3.73 Å². The van der Waals surface area contributed by atoms with E-state index in [2.05, 4.69) is 4.74 Å². The van der Waals surface area contributed by atoms with Gasteiger partial charge in [0.05, 0.1) is 12.7 Å². The molecular formula is C10H12INO3. The average Bonchev–Trinajstić information content (AvgIpc) is 2.28. The van der Waals surface area contributed by atoms with E-state index in [4.69, 9.17) is 10.5 Å². The summed E-state index contributed by atoms with van der Waals surface area (Å²) in [6.45, 7) is 0. The first kappa shape index (κ1) is 12.4. The van der Waals surface area contributed by atoms with E-state index in [0.717, 1.165) is 5.56 Å². The van der Waals surface area contributed by atoms with Crippen molar-refractivity contribution in [2.24, 2.45) is 5.73 Å². The zero-order valence-electron chi connectivity index (χ0n) is 8.49. The lowest BCUT2D eigenvalue weighted by atomic mass is 10.1. The van der Waals surface area contributed by atoms with Crippen molar-refractivity contribution in [1.82, 2.24) is 0 Å². The van der Waals surface area contributed by atoms with Crippen molar-refractivity contribution in [3.8, 4) is 0 Å². The maximum atomic E-state index is 11.2. The zero-order valence-corrected chi connectivity index (χ0v) is 10.6. The minimum atomic E-state index is -0.869. The second-order valence-corrected chi connectivity index (χ2v) is 4.52. The second-order valence-electron chi connectivity index (χ2n) is 2.92. The van der Waals surface area contributed by atoms with Crippen molar-refractivity contribution in [1.29, 1.82) is 0 Å². The fourth-order valence-electron chi connectivity index (χ4n) is 1.07. The minimum Gasteiger partial charge on any atom is -0.465 e. The first-order valence-electron chi connectivity index (χ1n) is 4.23. The summed E-state index contributed by atoms with van der Waals surface area (Å²) in [5.74, 6) is -0.366. The summed E-state index contributed by atoms with van der Waals surface area (Å²) in [6.07, 6.45) is 0. The van der Waals surface area contributed by atoms with Gasteiger partial charge in [0.25, 0.3) is 0 Å². The highest BCUT2D eigenvalue weighted by atomic mass is 127. The molecule has 4 nitrogen and oxygen atoms in total. The molecule has 1 aromatic rings. The van der Waals surface area contributed by atoms with E-state index >= 15 is 0 Å². The maximum Gasteiger partial charge on any atom is 0.337 e. The summed E-state index contributed by atoms with van der Waals surface area (Å²) in [4.78, 5) is 11.2. The van der Waals surface area contributed by atoms with Gasteiger partial charge in [-0.25, -0.2) is 4.79 Å². The minimum absolute atomic E-state index is 0.366. The molecule has 1 rings (SSSR count). The number of carbonyl (C=O) groups is 1. The van der Waals surface area contributed by atoms with Gasteiger partial charge >= 0.3 is 5.97 Å². The maximum absolute atomic E-state index is 11.2. The van der Waals surface area contributed by atoms with Crippen LogP contribution in [0.25, 0.3) is 0 Å². The lowest BCUT2D eigenvalue weighted by Gasteiger charge is -2.20. The molecule has 15 heavy (non-hydrogen) atoms. The SMILES string of the molecule is COC(=O)c1ccc(C(N)(I)OC)cc1. The quantitative estimate of drug-likeness (QED) is 0.302. The topological polar surface area (TPSA) is 61.5 Å². The Bertz CT molecular complexity index is 348. The van der Waals surface area contributed by atoms with Gasteiger partial charge in [0, 0.05) is 12.7 Å². The Hall–Kier alpha value is -0.660. The average molecular weight is 321 g/mol. The van der Waals surface area contributed by atoms with Gasteiger partial charge in [-0.1, -0.05) is 12.1 Å². The van der Waals surface area contributed by atoms with Crippen LogP contribution in [0.1, 0.15) is 15.9 Å². The summed E-state index contributed by atoms with van der Waals surface area (Å²) < 4.78 is 8.81. The third-order valence-corrected chi connectivity index (χ3v) is 3.06. The Balaban J connectivity index is 2.95. The molecule has 0 spiro atoms. The van der Waals surface area contributed by atoms with Gasteiger partial charge in [0.2, 0.25) is 0 Å². The first-order chi connectivity index (χ1) is 7.01. The van der Waals surface area contributed by atoms with E-state index < -0.39 is 3.73 Å². The Morgan fingerprint density at radius 3 is 2.27 bits per heavy atom. The highest BCUT2D eigenvalue weighted by molar-refractivity contribution is 14.1. The molecule has 0 aliphatic carbocycles. The Kier molecular flexibility index (Phi) is 4.06. The molecule has 0 heterocycles. The highest BCUT2D eigenvalue weighted by Crippen LogP contribution is 2.26. The van der Waals surface area contributed by atoms with Crippen molar-refractivity contribution >= 4 is 28.6 Å². The van der Waals surface area contributed by atoms with Crippen LogP contribution in [-0.4, -0.2) is 20.2 Å². The van der Waals surface area contributed by atoms with Crippen molar-refractivity contribution in [3.63, 3.8) is 0 Å². The molecule has 5 heteroatoms. The fourth-order valence-corrected chi connectivity index (χ4v) is 1.43. The van der Waals surface area contributed by atoms with E-state index in [1.54, 1.807) is 24.3 Å². The van der Waals surface area contributed by atoms with Crippen LogP contribution in [0.4, 0.5) is 0 Å². The zero-order chi connectivity index (χ0) is 11.5. The van der Waals surface area contributed by atoms with Crippen LogP contribution in [0.2, 0.25) is 0 Å². The number of benzene rings is 1. The molecule has 0 saturated carbocycles. The molecule has 0 aliphatic heterocycles. The second kappa shape index (κ2) is 4.91. The van der Waals surface area contributed by atoms with Crippen LogP contribution in [0, 0.1) is 0 Å². The number of carbonyl (C=O) groups excluding carboxylic acids is 1. The predicted octanol–water partition coefficient (Wildman–Crippen LogP) is 1.62. The van der Waals surface area contributed by atoms with Crippen molar-refractivity contribution in [2.75, 3.05) is 14.2 Å². The highest BCUT2D eigenvalue weighted by Gasteiger charge is 2.22. The Morgan fingerprint density at radius 1 is 1.33 bits per heavy atom. The van der Waals surface area contributed by atoms with Crippen LogP contribution in [0.5, 0.6) is 0 Å². The Morgan fingerprint density at radius 2 is 1.87 bits per heavy atom. The monoisotopic (exact) mass is 321 g/mol.